The number of thiophene rings is 1. The van der Waals surface area contributed by atoms with Crippen molar-refractivity contribution in [2.45, 2.75) is 26.7 Å². The van der Waals surface area contributed by atoms with Gasteiger partial charge in [0.15, 0.2) is 0 Å². The van der Waals surface area contributed by atoms with E-state index in [1.807, 2.05) is 0 Å². The number of carbonyl (C=O) groups excluding carboxylic acids is 2. The quantitative estimate of drug-likeness (QED) is 0.894. The zero-order valence-electron chi connectivity index (χ0n) is 12.0. The van der Waals surface area contributed by atoms with Crippen LogP contribution in [0.1, 0.15) is 36.4 Å². The maximum atomic E-state index is 12.4. The van der Waals surface area contributed by atoms with Gasteiger partial charge in [-0.1, -0.05) is 0 Å². The average Bonchev–Trinajstić information content (AvgIpc) is 2.86. The summed E-state index contributed by atoms with van der Waals surface area (Å²) >= 11 is 1.23. The molecule has 6 nitrogen and oxygen atoms in total. The summed E-state index contributed by atoms with van der Waals surface area (Å²) in [5.74, 6) is -1.09. The van der Waals surface area contributed by atoms with E-state index in [-0.39, 0.29) is 11.8 Å². The van der Waals surface area contributed by atoms with Crippen LogP contribution in [0.25, 0.3) is 0 Å². The predicted octanol–water partition coefficient (Wildman–Crippen LogP) is 2.03. The van der Waals surface area contributed by atoms with Crippen LogP contribution in [0.15, 0.2) is 12.1 Å². The van der Waals surface area contributed by atoms with Crippen molar-refractivity contribution in [3.8, 4) is 0 Å². The molecule has 1 aromatic heterocycles. The highest BCUT2D eigenvalue weighted by atomic mass is 32.1. The van der Waals surface area contributed by atoms with E-state index in [1.165, 1.54) is 18.3 Å². The molecule has 0 atom stereocenters. The smallest absolute Gasteiger partial charge is 0.309 e. The fourth-order valence-electron chi connectivity index (χ4n) is 2.27. The molecule has 2 rings (SSSR count). The molecule has 0 bridgehead atoms. The summed E-state index contributed by atoms with van der Waals surface area (Å²) in [4.78, 5) is 36.7. The van der Waals surface area contributed by atoms with Gasteiger partial charge in [-0.3, -0.25) is 14.4 Å². The minimum Gasteiger partial charge on any atom is -0.481 e. The van der Waals surface area contributed by atoms with Crippen LogP contribution in [0.5, 0.6) is 0 Å². The van der Waals surface area contributed by atoms with E-state index in [4.69, 9.17) is 0 Å². The molecule has 0 saturated carbocycles. The van der Waals surface area contributed by atoms with Gasteiger partial charge < -0.3 is 15.3 Å². The first-order valence-electron chi connectivity index (χ1n) is 6.72. The Morgan fingerprint density at radius 3 is 2.43 bits per heavy atom. The Labute approximate surface area is 126 Å². The van der Waals surface area contributed by atoms with Crippen LogP contribution in [0.4, 0.5) is 5.00 Å². The molecule has 1 fully saturated rings. The van der Waals surface area contributed by atoms with Crippen molar-refractivity contribution in [2.24, 2.45) is 5.41 Å². The maximum Gasteiger partial charge on any atom is 0.309 e. The number of nitrogens with one attached hydrogen (secondary N) is 1. The molecule has 7 heteroatoms. The van der Waals surface area contributed by atoms with E-state index in [1.54, 1.807) is 24.0 Å². The Kier molecular flexibility index (Phi) is 4.32. The van der Waals surface area contributed by atoms with Gasteiger partial charge in [-0.2, -0.15) is 0 Å². The highest BCUT2D eigenvalue weighted by molar-refractivity contribution is 7.18. The number of amides is 2. The molecule has 2 heterocycles. The van der Waals surface area contributed by atoms with Crippen LogP contribution in [0, 0.1) is 5.41 Å². The van der Waals surface area contributed by atoms with Gasteiger partial charge in [0, 0.05) is 20.0 Å². The third kappa shape index (κ3) is 3.41. The van der Waals surface area contributed by atoms with Gasteiger partial charge in [-0.25, -0.2) is 0 Å². The number of hydrogen-bond acceptors (Lipinski definition) is 4. The summed E-state index contributed by atoms with van der Waals surface area (Å²) in [5.41, 5.74) is -0.742. The topological polar surface area (TPSA) is 86.7 Å². The molecule has 0 radical (unpaired) electrons. The lowest BCUT2D eigenvalue weighted by Crippen LogP contribution is -2.45. The molecular weight excluding hydrogens is 292 g/mol. The number of piperidine rings is 1. The second kappa shape index (κ2) is 5.85. The number of nitrogens with zero attached hydrogens (tertiary/aromatic N) is 1. The number of carbonyl (C=O) groups is 3. The normalized spacial score (nSPS) is 17.3. The second-order valence-electron chi connectivity index (χ2n) is 5.50. The molecule has 0 unspecified atom stereocenters. The lowest BCUT2D eigenvalue weighted by Gasteiger charge is -2.36. The van der Waals surface area contributed by atoms with Crippen LogP contribution in [-0.2, 0) is 9.59 Å². The van der Waals surface area contributed by atoms with Crippen molar-refractivity contribution in [1.82, 2.24) is 4.90 Å². The van der Waals surface area contributed by atoms with Gasteiger partial charge in [0.2, 0.25) is 5.91 Å². The van der Waals surface area contributed by atoms with Gasteiger partial charge in [0.05, 0.1) is 15.3 Å². The van der Waals surface area contributed by atoms with Gasteiger partial charge in [0.25, 0.3) is 5.91 Å². The standard InChI is InChI=1S/C14H18N2O4S/c1-9(17)15-11-4-3-10(21-11)12(18)16-7-5-14(2,6-8-16)13(19)20/h3-4H,5-8H2,1-2H3,(H,15,17)(H,19,20). The summed E-state index contributed by atoms with van der Waals surface area (Å²) in [6.45, 7) is 4.01. The largest absolute Gasteiger partial charge is 0.481 e. The molecule has 1 saturated heterocycles. The van der Waals surface area contributed by atoms with Crippen molar-refractivity contribution in [3.05, 3.63) is 17.0 Å². The molecule has 1 aliphatic rings. The maximum absolute atomic E-state index is 12.4. The minimum atomic E-state index is -0.807. The van der Waals surface area contributed by atoms with Crippen LogP contribution in [-0.4, -0.2) is 40.9 Å². The third-order valence-electron chi connectivity index (χ3n) is 3.79. The van der Waals surface area contributed by atoms with Crippen molar-refractivity contribution in [3.63, 3.8) is 0 Å². The Morgan fingerprint density at radius 2 is 1.90 bits per heavy atom. The van der Waals surface area contributed by atoms with E-state index in [9.17, 15) is 19.5 Å². The van der Waals surface area contributed by atoms with E-state index in [0.29, 0.717) is 35.8 Å². The minimum absolute atomic E-state index is 0.107. The van der Waals surface area contributed by atoms with Gasteiger partial charge in [-0.15, -0.1) is 11.3 Å². The number of rotatable bonds is 3. The van der Waals surface area contributed by atoms with E-state index in [2.05, 4.69) is 5.32 Å². The summed E-state index contributed by atoms with van der Waals surface area (Å²) in [5, 5.41) is 12.5. The summed E-state index contributed by atoms with van der Waals surface area (Å²) in [6.07, 6.45) is 0.913. The highest BCUT2D eigenvalue weighted by Crippen LogP contribution is 2.32. The lowest BCUT2D eigenvalue weighted by atomic mass is 9.80. The van der Waals surface area contributed by atoms with Crippen molar-refractivity contribution < 1.29 is 19.5 Å². The molecule has 0 aromatic carbocycles. The molecule has 2 N–H and O–H groups in total. The van der Waals surface area contributed by atoms with Gasteiger partial charge >= 0.3 is 5.97 Å². The third-order valence-corrected chi connectivity index (χ3v) is 4.78. The van der Waals surface area contributed by atoms with Gasteiger partial charge in [0.1, 0.15) is 0 Å². The first-order chi connectivity index (χ1) is 9.82. The molecule has 0 aliphatic carbocycles. The van der Waals surface area contributed by atoms with Crippen LogP contribution in [0.3, 0.4) is 0 Å². The number of hydrogen-bond donors (Lipinski definition) is 2. The molecular formula is C14H18N2O4S. The first kappa shape index (κ1) is 15.5. The number of anilines is 1. The zero-order valence-corrected chi connectivity index (χ0v) is 12.8. The number of aliphatic carboxylic acids is 1. The zero-order chi connectivity index (χ0) is 15.6. The van der Waals surface area contributed by atoms with E-state index in [0.717, 1.165) is 0 Å². The Morgan fingerprint density at radius 1 is 1.29 bits per heavy atom. The Hall–Kier alpha value is -1.89. The van der Waals surface area contributed by atoms with E-state index < -0.39 is 11.4 Å². The van der Waals surface area contributed by atoms with Crippen LogP contribution in [0.2, 0.25) is 0 Å². The number of likely N-dealkylation sites (tertiary alicyclic amines) is 1. The Bertz CT molecular complexity index is 573. The number of carboxylic acids is 1. The summed E-state index contributed by atoms with van der Waals surface area (Å²) in [7, 11) is 0. The molecule has 114 valence electrons. The van der Waals surface area contributed by atoms with Crippen molar-refractivity contribution in [2.75, 3.05) is 18.4 Å². The average molecular weight is 310 g/mol. The monoisotopic (exact) mass is 310 g/mol. The van der Waals surface area contributed by atoms with Crippen molar-refractivity contribution >= 4 is 34.1 Å². The summed E-state index contributed by atoms with van der Waals surface area (Å²) in [6, 6.07) is 3.38. The van der Waals surface area contributed by atoms with E-state index >= 15 is 0 Å². The molecule has 2 amide bonds. The highest BCUT2D eigenvalue weighted by Gasteiger charge is 2.38. The first-order valence-corrected chi connectivity index (χ1v) is 7.53. The number of carboxylic acid groups (broad SMARTS) is 1. The fourth-order valence-corrected chi connectivity index (χ4v) is 3.19. The van der Waals surface area contributed by atoms with Crippen LogP contribution >= 0.6 is 11.3 Å². The second-order valence-corrected chi connectivity index (χ2v) is 6.59. The predicted molar refractivity (Wildman–Crippen MR) is 79.5 cm³/mol. The SMILES string of the molecule is CC(=O)Nc1ccc(C(=O)N2CCC(C)(C(=O)O)CC2)s1. The fraction of sp³-hybridized carbons (Fsp3) is 0.500. The van der Waals surface area contributed by atoms with Crippen molar-refractivity contribution in [1.29, 1.82) is 0 Å². The Balaban J connectivity index is 2.00. The molecule has 1 aromatic rings. The molecule has 21 heavy (non-hydrogen) atoms. The lowest BCUT2D eigenvalue weighted by molar-refractivity contribution is -0.150. The molecule has 1 aliphatic heterocycles. The molecule has 0 spiro atoms. The van der Waals surface area contributed by atoms with Crippen LogP contribution < -0.4 is 5.32 Å². The van der Waals surface area contributed by atoms with Gasteiger partial charge in [-0.05, 0) is 31.9 Å². The summed E-state index contributed by atoms with van der Waals surface area (Å²) < 4.78 is 0.